The van der Waals surface area contributed by atoms with Crippen LogP contribution >= 0.6 is 0 Å². The monoisotopic (exact) mass is 306 g/mol. The van der Waals surface area contributed by atoms with Crippen LogP contribution in [0.15, 0.2) is 34.1 Å². The second-order valence-corrected chi connectivity index (χ2v) is 7.54. The fraction of sp³-hybridized carbons (Fsp3) is 0.400. The second kappa shape index (κ2) is 5.17. The molecule has 1 aliphatic heterocycles. The second-order valence-electron chi connectivity index (χ2n) is 4.04. The van der Waals surface area contributed by atoms with E-state index >= 15 is 0 Å². The van der Waals surface area contributed by atoms with Crippen molar-refractivity contribution in [1.82, 2.24) is 4.31 Å². The molecule has 0 spiro atoms. The lowest BCUT2D eigenvalue weighted by atomic mass is 10.4. The minimum absolute atomic E-state index is 0.0825. The molecule has 0 amide bonds. The van der Waals surface area contributed by atoms with Gasteiger partial charge in [0.05, 0.1) is 23.0 Å². The summed E-state index contributed by atoms with van der Waals surface area (Å²) in [4.78, 5) is -0.303. The predicted octanol–water partition coefficient (Wildman–Crippen LogP) is -0.645. The van der Waals surface area contributed by atoms with Crippen LogP contribution in [0, 0.1) is 0 Å². The van der Waals surface area contributed by atoms with Crippen molar-refractivity contribution in [2.24, 2.45) is 5.14 Å². The van der Waals surface area contributed by atoms with Gasteiger partial charge in [-0.1, -0.05) is 6.07 Å². The van der Waals surface area contributed by atoms with E-state index in [0.717, 1.165) is 6.07 Å². The van der Waals surface area contributed by atoms with Gasteiger partial charge in [-0.3, -0.25) is 0 Å². The molecular formula is C10H14N2O5S2. The first-order valence-corrected chi connectivity index (χ1v) is 8.51. The number of hydrogen-bond donors (Lipinski definition) is 1. The molecule has 0 atom stereocenters. The minimum Gasteiger partial charge on any atom is -0.379 e. The van der Waals surface area contributed by atoms with E-state index in [1.54, 1.807) is 0 Å². The van der Waals surface area contributed by atoms with Gasteiger partial charge in [-0.25, -0.2) is 22.0 Å². The number of hydrogen-bond acceptors (Lipinski definition) is 5. The summed E-state index contributed by atoms with van der Waals surface area (Å²) < 4.78 is 53.4. The summed E-state index contributed by atoms with van der Waals surface area (Å²) in [6.45, 7) is 1.16. The molecular weight excluding hydrogens is 292 g/mol. The van der Waals surface area contributed by atoms with E-state index in [9.17, 15) is 16.8 Å². The first-order chi connectivity index (χ1) is 8.82. The molecule has 1 aromatic carbocycles. The van der Waals surface area contributed by atoms with Crippen molar-refractivity contribution < 1.29 is 21.6 Å². The predicted molar refractivity (Wildman–Crippen MR) is 67.4 cm³/mol. The number of nitrogens with two attached hydrogens (primary N) is 1. The zero-order valence-corrected chi connectivity index (χ0v) is 11.7. The lowest BCUT2D eigenvalue weighted by Gasteiger charge is -2.26. The Kier molecular flexibility index (Phi) is 3.92. The van der Waals surface area contributed by atoms with Gasteiger partial charge in [0.15, 0.2) is 0 Å². The SMILES string of the molecule is NS(=O)(=O)c1cccc(S(=O)(=O)N2CCOCC2)c1. The van der Waals surface area contributed by atoms with Crippen LogP contribution in [0.25, 0.3) is 0 Å². The van der Waals surface area contributed by atoms with Crippen molar-refractivity contribution in [2.45, 2.75) is 9.79 Å². The number of benzene rings is 1. The van der Waals surface area contributed by atoms with Crippen LogP contribution in [-0.2, 0) is 24.8 Å². The van der Waals surface area contributed by atoms with Crippen molar-refractivity contribution >= 4 is 20.0 Å². The number of primary sulfonamides is 1. The van der Waals surface area contributed by atoms with E-state index in [1.165, 1.54) is 22.5 Å². The van der Waals surface area contributed by atoms with Gasteiger partial charge in [-0.2, -0.15) is 4.31 Å². The topological polar surface area (TPSA) is 107 Å². The lowest BCUT2D eigenvalue weighted by Crippen LogP contribution is -2.40. The molecule has 106 valence electrons. The lowest BCUT2D eigenvalue weighted by molar-refractivity contribution is 0.0730. The fourth-order valence-corrected chi connectivity index (χ4v) is 3.84. The minimum atomic E-state index is -3.92. The molecule has 0 aromatic heterocycles. The van der Waals surface area contributed by atoms with Crippen molar-refractivity contribution in [3.8, 4) is 0 Å². The van der Waals surface area contributed by atoms with Crippen LogP contribution in [0.5, 0.6) is 0 Å². The van der Waals surface area contributed by atoms with Crippen molar-refractivity contribution in [2.75, 3.05) is 26.3 Å². The van der Waals surface area contributed by atoms with Crippen molar-refractivity contribution in [3.05, 3.63) is 24.3 Å². The average molecular weight is 306 g/mol. The van der Waals surface area contributed by atoms with Crippen LogP contribution < -0.4 is 5.14 Å². The van der Waals surface area contributed by atoms with Gasteiger partial charge in [0.25, 0.3) is 0 Å². The van der Waals surface area contributed by atoms with Gasteiger partial charge in [-0.05, 0) is 18.2 Å². The maximum Gasteiger partial charge on any atom is 0.243 e. The summed E-state index contributed by atoms with van der Waals surface area (Å²) in [6.07, 6.45) is 0. The zero-order valence-electron chi connectivity index (χ0n) is 10.0. The third-order valence-corrected chi connectivity index (χ3v) is 5.55. The Hall–Kier alpha value is -1.00. The Bertz CT molecular complexity index is 663. The number of morpholine rings is 1. The molecule has 9 heteroatoms. The molecule has 0 saturated carbocycles. The van der Waals surface area contributed by atoms with E-state index in [0.29, 0.717) is 13.2 Å². The molecule has 1 aliphatic rings. The first-order valence-electron chi connectivity index (χ1n) is 5.52. The van der Waals surface area contributed by atoms with Gasteiger partial charge in [0.1, 0.15) is 0 Å². The van der Waals surface area contributed by atoms with Gasteiger partial charge < -0.3 is 4.74 Å². The Morgan fingerprint density at radius 3 is 2.21 bits per heavy atom. The maximum atomic E-state index is 12.3. The molecule has 0 radical (unpaired) electrons. The van der Waals surface area contributed by atoms with Gasteiger partial charge in [0, 0.05) is 13.1 Å². The molecule has 2 N–H and O–H groups in total. The average Bonchev–Trinajstić information content (AvgIpc) is 2.39. The summed E-state index contributed by atoms with van der Waals surface area (Å²) in [5, 5.41) is 4.99. The molecule has 1 heterocycles. The Labute approximate surface area is 112 Å². The number of nitrogens with zero attached hydrogens (tertiary/aromatic N) is 1. The number of rotatable bonds is 3. The van der Waals surface area contributed by atoms with Crippen molar-refractivity contribution in [1.29, 1.82) is 0 Å². The summed E-state index contributed by atoms with van der Waals surface area (Å²) in [6, 6.07) is 5.03. The van der Waals surface area contributed by atoms with Gasteiger partial charge in [-0.15, -0.1) is 0 Å². The van der Waals surface area contributed by atoms with E-state index in [1.807, 2.05) is 0 Å². The Morgan fingerprint density at radius 1 is 1.05 bits per heavy atom. The maximum absolute atomic E-state index is 12.3. The third-order valence-electron chi connectivity index (χ3n) is 2.74. The number of ether oxygens (including phenoxy) is 1. The normalized spacial score (nSPS) is 18.4. The van der Waals surface area contributed by atoms with E-state index in [2.05, 4.69) is 0 Å². The summed E-state index contributed by atoms with van der Waals surface area (Å²) in [7, 11) is -7.64. The molecule has 1 aromatic rings. The Morgan fingerprint density at radius 2 is 1.63 bits per heavy atom. The fourth-order valence-electron chi connectivity index (χ4n) is 1.75. The third kappa shape index (κ3) is 3.12. The molecule has 0 bridgehead atoms. The zero-order chi connectivity index (χ0) is 14.1. The van der Waals surface area contributed by atoms with Crippen LogP contribution in [-0.4, -0.2) is 47.4 Å². The van der Waals surface area contributed by atoms with E-state index in [-0.39, 0.29) is 22.9 Å². The van der Waals surface area contributed by atoms with Crippen LogP contribution in [0.4, 0.5) is 0 Å². The van der Waals surface area contributed by atoms with Crippen molar-refractivity contribution in [3.63, 3.8) is 0 Å². The largest absolute Gasteiger partial charge is 0.379 e. The van der Waals surface area contributed by atoms with Crippen LogP contribution in [0.3, 0.4) is 0 Å². The standard InChI is InChI=1S/C10H14N2O5S2/c11-18(13,14)9-2-1-3-10(8-9)19(15,16)12-4-6-17-7-5-12/h1-3,8H,4-7H2,(H2,11,13,14). The summed E-state index contributed by atoms with van der Waals surface area (Å²) in [5.41, 5.74) is 0. The highest BCUT2D eigenvalue weighted by Crippen LogP contribution is 2.19. The highest BCUT2D eigenvalue weighted by molar-refractivity contribution is 7.90. The highest BCUT2D eigenvalue weighted by atomic mass is 32.2. The Balaban J connectivity index is 2.41. The number of sulfonamides is 2. The summed E-state index contributed by atoms with van der Waals surface area (Å²) >= 11 is 0. The molecule has 2 rings (SSSR count). The smallest absolute Gasteiger partial charge is 0.243 e. The van der Waals surface area contributed by atoms with Crippen LogP contribution in [0.2, 0.25) is 0 Å². The highest BCUT2D eigenvalue weighted by Gasteiger charge is 2.27. The first kappa shape index (κ1) is 14.4. The molecule has 7 nitrogen and oxygen atoms in total. The molecule has 1 saturated heterocycles. The summed E-state index contributed by atoms with van der Waals surface area (Å²) in [5.74, 6) is 0. The van der Waals surface area contributed by atoms with Gasteiger partial charge in [0.2, 0.25) is 20.0 Å². The van der Waals surface area contributed by atoms with Crippen LogP contribution in [0.1, 0.15) is 0 Å². The van der Waals surface area contributed by atoms with E-state index in [4.69, 9.17) is 9.88 Å². The van der Waals surface area contributed by atoms with E-state index < -0.39 is 20.0 Å². The molecule has 1 fully saturated rings. The molecule has 19 heavy (non-hydrogen) atoms. The quantitative estimate of drug-likeness (QED) is 0.799. The van der Waals surface area contributed by atoms with Gasteiger partial charge >= 0.3 is 0 Å². The molecule has 0 unspecified atom stereocenters. The molecule has 0 aliphatic carbocycles.